The molecule has 0 bridgehead atoms. The third-order valence-corrected chi connectivity index (χ3v) is 2.35. The molecular formula is C10H9Cl2NO. The number of ketones is 1. The van der Waals surface area contributed by atoms with Crippen LogP contribution in [0.4, 0.5) is 5.69 Å². The Morgan fingerprint density at radius 3 is 2.14 bits per heavy atom. The number of nitrogens with two attached hydrogens (primary N) is 1. The van der Waals surface area contributed by atoms with Crippen molar-refractivity contribution in [3.05, 3.63) is 39.9 Å². The molecule has 0 amide bonds. The molecule has 0 saturated carbocycles. The van der Waals surface area contributed by atoms with Crippen LogP contribution in [0.5, 0.6) is 0 Å². The zero-order valence-corrected chi connectivity index (χ0v) is 9.12. The smallest absolute Gasteiger partial charge is 0.188 e. The van der Waals surface area contributed by atoms with Gasteiger partial charge in [0.05, 0.1) is 15.7 Å². The molecule has 0 aromatic heterocycles. The van der Waals surface area contributed by atoms with Crippen molar-refractivity contribution >= 4 is 34.7 Å². The fourth-order valence-corrected chi connectivity index (χ4v) is 1.45. The average Bonchev–Trinajstić information content (AvgIpc) is 2.12. The highest BCUT2D eigenvalue weighted by molar-refractivity contribution is 6.39. The number of hydrogen-bond acceptors (Lipinski definition) is 2. The number of Topliss-reactive ketones (excluding diaryl/α,β-unsaturated/α-hetero) is 1. The van der Waals surface area contributed by atoms with Gasteiger partial charge in [-0.25, -0.2) is 0 Å². The summed E-state index contributed by atoms with van der Waals surface area (Å²) in [6.45, 7) is 5.17. The lowest BCUT2D eigenvalue weighted by Gasteiger charge is -2.05. The summed E-state index contributed by atoms with van der Waals surface area (Å²) in [6.07, 6.45) is 0. The van der Waals surface area contributed by atoms with Crippen molar-refractivity contribution in [2.75, 3.05) is 5.73 Å². The molecule has 4 heteroatoms. The van der Waals surface area contributed by atoms with Gasteiger partial charge in [-0.05, 0) is 24.6 Å². The molecule has 0 aliphatic rings. The van der Waals surface area contributed by atoms with Gasteiger partial charge < -0.3 is 5.73 Å². The molecule has 1 aromatic carbocycles. The van der Waals surface area contributed by atoms with E-state index < -0.39 is 0 Å². The topological polar surface area (TPSA) is 43.1 Å². The van der Waals surface area contributed by atoms with Crippen LogP contribution in [-0.4, -0.2) is 5.78 Å². The predicted octanol–water partition coefficient (Wildman–Crippen LogP) is 3.33. The Balaban J connectivity index is 3.26. The highest BCUT2D eigenvalue weighted by Crippen LogP contribution is 2.29. The number of allylic oxidation sites excluding steroid dienone is 1. The second kappa shape index (κ2) is 4.03. The molecule has 0 unspecified atom stereocenters. The monoisotopic (exact) mass is 229 g/mol. The van der Waals surface area contributed by atoms with E-state index in [-0.39, 0.29) is 21.5 Å². The van der Waals surface area contributed by atoms with Gasteiger partial charge in [-0.3, -0.25) is 4.79 Å². The highest BCUT2D eigenvalue weighted by atomic mass is 35.5. The zero-order chi connectivity index (χ0) is 10.9. The van der Waals surface area contributed by atoms with E-state index in [2.05, 4.69) is 6.58 Å². The van der Waals surface area contributed by atoms with Crippen molar-refractivity contribution in [3.8, 4) is 0 Å². The predicted molar refractivity (Wildman–Crippen MR) is 60.0 cm³/mol. The van der Waals surface area contributed by atoms with Gasteiger partial charge in [0, 0.05) is 5.56 Å². The number of hydrogen-bond donors (Lipinski definition) is 1. The summed E-state index contributed by atoms with van der Waals surface area (Å²) in [4.78, 5) is 11.5. The van der Waals surface area contributed by atoms with Crippen LogP contribution in [-0.2, 0) is 0 Å². The van der Waals surface area contributed by atoms with Gasteiger partial charge in [0.25, 0.3) is 0 Å². The normalized spacial score (nSPS) is 9.93. The van der Waals surface area contributed by atoms with Gasteiger partial charge in [-0.15, -0.1) is 0 Å². The van der Waals surface area contributed by atoms with Crippen LogP contribution in [0.25, 0.3) is 0 Å². The molecule has 0 heterocycles. The van der Waals surface area contributed by atoms with Crippen molar-refractivity contribution in [1.82, 2.24) is 0 Å². The molecule has 1 aromatic rings. The summed E-state index contributed by atoms with van der Waals surface area (Å²) in [5.74, 6) is -0.186. The first-order valence-electron chi connectivity index (χ1n) is 3.88. The number of anilines is 1. The summed E-state index contributed by atoms with van der Waals surface area (Å²) in [5, 5.41) is 0.559. The quantitative estimate of drug-likeness (QED) is 0.481. The van der Waals surface area contributed by atoms with Gasteiger partial charge in [0.1, 0.15) is 0 Å². The van der Waals surface area contributed by atoms with Crippen molar-refractivity contribution in [1.29, 1.82) is 0 Å². The van der Waals surface area contributed by atoms with Crippen LogP contribution in [0, 0.1) is 0 Å². The largest absolute Gasteiger partial charge is 0.396 e. The Morgan fingerprint density at radius 1 is 1.36 bits per heavy atom. The second-order valence-electron chi connectivity index (χ2n) is 2.96. The lowest BCUT2D eigenvalue weighted by molar-refractivity contribution is 0.103. The molecular weight excluding hydrogens is 221 g/mol. The molecule has 2 N–H and O–H groups in total. The van der Waals surface area contributed by atoms with Crippen LogP contribution in [0.1, 0.15) is 17.3 Å². The summed E-state index contributed by atoms with van der Waals surface area (Å²) in [6, 6.07) is 2.97. The fraction of sp³-hybridized carbons (Fsp3) is 0.100. The minimum absolute atomic E-state index is 0.186. The Bertz CT molecular complexity index is 390. The Kier molecular flexibility index (Phi) is 3.19. The summed E-state index contributed by atoms with van der Waals surface area (Å²) in [5.41, 5.74) is 6.65. The maximum atomic E-state index is 11.5. The van der Waals surface area contributed by atoms with Gasteiger partial charge in [0.15, 0.2) is 5.78 Å². The fourth-order valence-electron chi connectivity index (χ4n) is 0.962. The Labute approximate surface area is 92.3 Å². The Morgan fingerprint density at radius 2 is 1.79 bits per heavy atom. The van der Waals surface area contributed by atoms with E-state index in [1.165, 1.54) is 12.1 Å². The molecule has 0 aliphatic heterocycles. The number of carbonyl (C=O) groups is 1. The van der Waals surface area contributed by atoms with Crippen molar-refractivity contribution in [3.63, 3.8) is 0 Å². The second-order valence-corrected chi connectivity index (χ2v) is 3.78. The molecule has 14 heavy (non-hydrogen) atoms. The molecule has 0 radical (unpaired) electrons. The van der Waals surface area contributed by atoms with E-state index in [0.29, 0.717) is 11.1 Å². The number of carbonyl (C=O) groups excluding carboxylic acids is 1. The third kappa shape index (κ3) is 2.08. The lowest BCUT2D eigenvalue weighted by Crippen LogP contribution is -2.01. The summed E-state index contributed by atoms with van der Waals surface area (Å²) in [7, 11) is 0. The lowest BCUT2D eigenvalue weighted by atomic mass is 10.1. The molecule has 0 atom stereocenters. The number of halogens is 2. The summed E-state index contributed by atoms with van der Waals surface area (Å²) < 4.78 is 0. The SMILES string of the molecule is C=C(C)C(=O)c1cc(Cl)c(N)c(Cl)c1. The molecule has 2 nitrogen and oxygen atoms in total. The van der Waals surface area contributed by atoms with Crippen LogP contribution in [0.3, 0.4) is 0 Å². The van der Waals surface area contributed by atoms with Crippen LogP contribution in [0.2, 0.25) is 10.0 Å². The molecule has 0 saturated heterocycles. The standard InChI is InChI=1S/C10H9Cl2NO/c1-5(2)10(14)6-3-7(11)9(13)8(12)4-6/h3-4H,1,13H2,2H3. The first-order chi connectivity index (χ1) is 6.43. The van der Waals surface area contributed by atoms with Gasteiger partial charge in [-0.2, -0.15) is 0 Å². The highest BCUT2D eigenvalue weighted by Gasteiger charge is 2.11. The van der Waals surface area contributed by atoms with Crippen molar-refractivity contribution in [2.24, 2.45) is 0 Å². The molecule has 0 aliphatic carbocycles. The minimum Gasteiger partial charge on any atom is -0.396 e. The number of rotatable bonds is 2. The van der Waals surface area contributed by atoms with Crippen molar-refractivity contribution < 1.29 is 4.79 Å². The van der Waals surface area contributed by atoms with E-state index >= 15 is 0 Å². The minimum atomic E-state index is -0.186. The van der Waals surface area contributed by atoms with E-state index in [4.69, 9.17) is 28.9 Å². The molecule has 1 rings (SSSR count). The molecule has 0 fully saturated rings. The summed E-state index contributed by atoms with van der Waals surface area (Å²) >= 11 is 11.6. The first-order valence-corrected chi connectivity index (χ1v) is 4.63. The van der Waals surface area contributed by atoms with Gasteiger partial charge in [-0.1, -0.05) is 29.8 Å². The number of nitrogen functional groups attached to an aromatic ring is 1. The van der Waals surface area contributed by atoms with Gasteiger partial charge >= 0.3 is 0 Å². The van der Waals surface area contributed by atoms with Gasteiger partial charge in [0.2, 0.25) is 0 Å². The van der Waals surface area contributed by atoms with Crippen molar-refractivity contribution in [2.45, 2.75) is 6.92 Å². The zero-order valence-electron chi connectivity index (χ0n) is 7.60. The first kappa shape index (κ1) is 11.1. The average molecular weight is 230 g/mol. The van der Waals surface area contributed by atoms with Crippen LogP contribution in [0.15, 0.2) is 24.3 Å². The van der Waals surface area contributed by atoms with E-state index in [1.54, 1.807) is 6.92 Å². The maximum absolute atomic E-state index is 11.5. The number of benzene rings is 1. The molecule has 74 valence electrons. The third-order valence-electron chi connectivity index (χ3n) is 1.73. The molecule has 0 spiro atoms. The van der Waals surface area contributed by atoms with E-state index in [1.807, 2.05) is 0 Å². The maximum Gasteiger partial charge on any atom is 0.188 e. The van der Waals surface area contributed by atoms with Crippen LogP contribution >= 0.6 is 23.2 Å². The van der Waals surface area contributed by atoms with E-state index in [9.17, 15) is 4.79 Å². The van der Waals surface area contributed by atoms with E-state index in [0.717, 1.165) is 0 Å². The Hall–Kier alpha value is -0.990. The van der Waals surface area contributed by atoms with Crippen LogP contribution < -0.4 is 5.73 Å².